The van der Waals surface area contributed by atoms with E-state index in [4.69, 9.17) is 0 Å². The van der Waals surface area contributed by atoms with E-state index in [2.05, 4.69) is 19.8 Å². The first-order valence-electron chi connectivity index (χ1n) is 8.42. The van der Waals surface area contributed by atoms with E-state index in [1.54, 1.807) is 12.4 Å². The maximum absolute atomic E-state index is 10.1. The van der Waals surface area contributed by atoms with Gasteiger partial charge in [0.15, 0.2) is 0 Å². The average Bonchev–Trinajstić information content (AvgIpc) is 2.47. The first kappa shape index (κ1) is 15.7. The third kappa shape index (κ3) is 3.76. The van der Waals surface area contributed by atoms with E-state index in [1.165, 1.54) is 25.7 Å². The van der Waals surface area contributed by atoms with E-state index in [1.807, 2.05) is 20.0 Å². The van der Waals surface area contributed by atoms with Gasteiger partial charge in [-0.3, -0.25) is 9.88 Å². The summed E-state index contributed by atoms with van der Waals surface area (Å²) in [6.45, 7) is 8.98. The zero-order valence-electron chi connectivity index (χ0n) is 13.8. The molecule has 0 bridgehead atoms. The SMILES string of the molecule is CC(C)(O)CN1CCCC2(CCN(c3cnccn3)CC2)C1. The summed E-state index contributed by atoms with van der Waals surface area (Å²) in [6, 6.07) is 0. The minimum Gasteiger partial charge on any atom is -0.389 e. The van der Waals surface area contributed by atoms with E-state index in [0.29, 0.717) is 5.41 Å². The fourth-order valence-corrected chi connectivity index (χ4v) is 4.07. The van der Waals surface area contributed by atoms with Crippen molar-refractivity contribution in [3.05, 3.63) is 18.6 Å². The summed E-state index contributed by atoms with van der Waals surface area (Å²) in [4.78, 5) is 13.4. The first-order valence-corrected chi connectivity index (χ1v) is 8.42. The summed E-state index contributed by atoms with van der Waals surface area (Å²) in [6.07, 6.45) is 10.4. The molecule has 0 radical (unpaired) electrons. The Morgan fingerprint density at radius 3 is 2.59 bits per heavy atom. The largest absolute Gasteiger partial charge is 0.389 e. The lowest BCUT2D eigenvalue weighted by Gasteiger charge is -2.48. The molecule has 1 aromatic heterocycles. The van der Waals surface area contributed by atoms with Crippen LogP contribution in [0, 0.1) is 5.41 Å². The predicted octanol–water partition coefficient (Wildman–Crippen LogP) is 1.93. The van der Waals surface area contributed by atoms with Crippen LogP contribution in [0.3, 0.4) is 0 Å². The number of aliphatic hydroxyl groups is 1. The molecule has 2 saturated heterocycles. The molecule has 1 spiro atoms. The van der Waals surface area contributed by atoms with Gasteiger partial charge in [-0.2, -0.15) is 0 Å². The van der Waals surface area contributed by atoms with Gasteiger partial charge in [-0.05, 0) is 51.5 Å². The molecule has 5 nitrogen and oxygen atoms in total. The van der Waals surface area contributed by atoms with Crippen LogP contribution in [0.4, 0.5) is 5.82 Å². The third-order valence-electron chi connectivity index (χ3n) is 5.05. The Hall–Kier alpha value is -1.20. The molecule has 3 heterocycles. The summed E-state index contributed by atoms with van der Waals surface area (Å²) < 4.78 is 0. The normalized spacial score (nSPS) is 23.0. The average molecular weight is 304 g/mol. The van der Waals surface area contributed by atoms with Crippen molar-refractivity contribution in [2.75, 3.05) is 37.6 Å². The highest BCUT2D eigenvalue weighted by molar-refractivity contribution is 5.35. The Morgan fingerprint density at radius 2 is 1.95 bits per heavy atom. The molecule has 0 atom stereocenters. The van der Waals surface area contributed by atoms with Crippen LogP contribution >= 0.6 is 0 Å². The van der Waals surface area contributed by atoms with E-state index in [-0.39, 0.29) is 0 Å². The molecule has 1 N–H and O–H groups in total. The monoisotopic (exact) mass is 304 g/mol. The van der Waals surface area contributed by atoms with Crippen molar-refractivity contribution in [2.24, 2.45) is 5.41 Å². The molecule has 2 aliphatic heterocycles. The summed E-state index contributed by atoms with van der Waals surface area (Å²) in [7, 11) is 0. The predicted molar refractivity (Wildman–Crippen MR) is 87.9 cm³/mol. The molecule has 0 aromatic carbocycles. The van der Waals surface area contributed by atoms with Crippen LogP contribution < -0.4 is 4.90 Å². The van der Waals surface area contributed by atoms with Gasteiger partial charge >= 0.3 is 0 Å². The molecule has 2 aliphatic rings. The lowest BCUT2D eigenvalue weighted by molar-refractivity contribution is -0.00565. The smallest absolute Gasteiger partial charge is 0.147 e. The second-order valence-corrected chi connectivity index (χ2v) is 7.68. The number of likely N-dealkylation sites (tertiary alicyclic amines) is 1. The first-order chi connectivity index (χ1) is 10.5. The van der Waals surface area contributed by atoms with Gasteiger partial charge in [-0.15, -0.1) is 0 Å². The minimum atomic E-state index is -0.598. The van der Waals surface area contributed by atoms with Crippen molar-refractivity contribution < 1.29 is 5.11 Å². The summed E-state index contributed by atoms with van der Waals surface area (Å²) >= 11 is 0. The van der Waals surface area contributed by atoms with Gasteiger partial charge in [0.05, 0.1) is 11.8 Å². The summed E-state index contributed by atoms with van der Waals surface area (Å²) in [5.41, 5.74) is -0.166. The second-order valence-electron chi connectivity index (χ2n) is 7.68. The Bertz CT molecular complexity index is 477. The fourth-order valence-electron chi connectivity index (χ4n) is 4.07. The molecule has 0 amide bonds. The Labute approximate surface area is 133 Å². The highest BCUT2D eigenvalue weighted by Crippen LogP contribution is 2.40. The number of β-amino-alcohol motifs (C(OH)–C–C–N with tert-alkyl or cyclic N) is 1. The number of anilines is 1. The van der Waals surface area contributed by atoms with E-state index in [0.717, 1.165) is 38.5 Å². The Balaban J connectivity index is 1.59. The highest BCUT2D eigenvalue weighted by Gasteiger charge is 2.39. The van der Waals surface area contributed by atoms with Gasteiger partial charge in [0.25, 0.3) is 0 Å². The van der Waals surface area contributed by atoms with Crippen LogP contribution in [0.1, 0.15) is 39.5 Å². The van der Waals surface area contributed by atoms with Crippen LogP contribution in [0.2, 0.25) is 0 Å². The quantitative estimate of drug-likeness (QED) is 0.925. The van der Waals surface area contributed by atoms with Crippen LogP contribution in [0.5, 0.6) is 0 Å². The van der Waals surface area contributed by atoms with E-state index < -0.39 is 5.60 Å². The summed E-state index contributed by atoms with van der Waals surface area (Å²) in [5, 5.41) is 10.1. The lowest BCUT2D eigenvalue weighted by Crippen LogP contribution is -2.52. The van der Waals surface area contributed by atoms with Crippen molar-refractivity contribution in [1.29, 1.82) is 0 Å². The fraction of sp³-hybridized carbons (Fsp3) is 0.765. The molecule has 0 saturated carbocycles. The highest BCUT2D eigenvalue weighted by atomic mass is 16.3. The summed E-state index contributed by atoms with van der Waals surface area (Å²) in [5.74, 6) is 1.00. The van der Waals surface area contributed by atoms with Crippen LogP contribution in [-0.4, -0.2) is 58.3 Å². The van der Waals surface area contributed by atoms with Gasteiger partial charge in [0.1, 0.15) is 5.82 Å². The van der Waals surface area contributed by atoms with Crippen LogP contribution in [-0.2, 0) is 0 Å². The van der Waals surface area contributed by atoms with Gasteiger partial charge in [-0.25, -0.2) is 4.98 Å². The lowest BCUT2D eigenvalue weighted by atomic mass is 9.72. The maximum atomic E-state index is 10.1. The topological polar surface area (TPSA) is 52.5 Å². The standard InChI is InChI=1S/C17H28N4O/c1-16(2,22)13-20-9-3-4-17(14-20)5-10-21(11-6-17)15-12-18-7-8-19-15/h7-8,12,22H,3-6,9-11,13-14H2,1-2H3. The molecule has 5 heteroatoms. The molecular weight excluding hydrogens is 276 g/mol. The van der Waals surface area contributed by atoms with Crippen molar-refractivity contribution in [2.45, 2.75) is 45.1 Å². The molecule has 0 aliphatic carbocycles. The Kier molecular flexibility index (Phi) is 4.37. The zero-order valence-corrected chi connectivity index (χ0v) is 13.8. The van der Waals surface area contributed by atoms with Gasteiger partial charge in [0.2, 0.25) is 0 Å². The number of aromatic nitrogens is 2. The van der Waals surface area contributed by atoms with Crippen molar-refractivity contribution >= 4 is 5.82 Å². The Morgan fingerprint density at radius 1 is 1.18 bits per heavy atom. The molecule has 1 aromatic rings. The van der Waals surface area contributed by atoms with Gasteiger partial charge in [-0.1, -0.05) is 0 Å². The number of rotatable bonds is 3. The van der Waals surface area contributed by atoms with Gasteiger partial charge in [0, 0.05) is 38.6 Å². The number of piperidine rings is 2. The van der Waals surface area contributed by atoms with Crippen molar-refractivity contribution in [1.82, 2.24) is 14.9 Å². The molecule has 3 rings (SSSR count). The van der Waals surface area contributed by atoms with Crippen molar-refractivity contribution in [3.8, 4) is 0 Å². The number of hydrogen-bond donors (Lipinski definition) is 1. The van der Waals surface area contributed by atoms with Crippen LogP contribution in [0.25, 0.3) is 0 Å². The number of hydrogen-bond acceptors (Lipinski definition) is 5. The van der Waals surface area contributed by atoms with E-state index >= 15 is 0 Å². The molecule has 0 unspecified atom stereocenters. The van der Waals surface area contributed by atoms with E-state index in [9.17, 15) is 5.11 Å². The number of nitrogens with zero attached hydrogens (tertiary/aromatic N) is 4. The van der Waals surface area contributed by atoms with Crippen LogP contribution in [0.15, 0.2) is 18.6 Å². The molecular formula is C17H28N4O. The van der Waals surface area contributed by atoms with Gasteiger partial charge < -0.3 is 10.0 Å². The van der Waals surface area contributed by atoms with Crippen molar-refractivity contribution in [3.63, 3.8) is 0 Å². The zero-order chi connectivity index (χ0) is 15.6. The third-order valence-corrected chi connectivity index (χ3v) is 5.05. The molecule has 2 fully saturated rings. The maximum Gasteiger partial charge on any atom is 0.147 e. The second kappa shape index (κ2) is 6.13. The minimum absolute atomic E-state index is 0.433. The molecule has 122 valence electrons. The molecule has 22 heavy (non-hydrogen) atoms.